The van der Waals surface area contributed by atoms with E-state index in [0.29, 0.717) is 6.10 Å². The van der Waals surface area contributed by atoms with Crippen molar-refractivity contribution in [3.05, 3.63) is 23.8 Å². The second kappa shape index (κ2) is 6.98. The van der Waals surface area contributed by atoms with Crippen molar-refractivity contribution in [3.8, 4) is 5.75 Å². The fourth-order valence-corrected chi connectivity index (χ4v) is 2.84. The van der Waals surface area contributed by atoms with E-state index in [9.17, 15) is 0 Å². The molecule has 0 aromatic heterocycles. The molecule has 1 aromatic rings. The molecular formula is C17H28N2O. The van der Waals surface area contributed by atoms with Crippen LogP contribution in [-0.4, -0.2) is 25.2 Å². The molecule has 0 saturated carbocycles. The van der Waals surface area contributed by atoms with Crippen LogP contribution >= 0.6 is 0 Å². The van der Waals surface area contributed by atoms with E-state index in [4.69, 9.17) is 10.5 Å². The van der Waals surface area contributed by atoms with Crippen molar-refractivity contribution in [2.75, 3.05) is 18.0 Å². The van der Waals surface area contributed by atoms with Gasteiger partial charge in [-0.15, -0.1) is 0 Å². The van der Waals surface area contributed by atoms with Crippen LogP contribution in [0.1, 0.15) is 45.1 Å². The number of rotatable bonds is 5. The molecule has 1 fully saturated rings. The largest absolute Gasteiger partial charge is 0.488 e. The van der Waals surface area contributed by atoms with Gasteiger partial charge in [0.05, 0.1) is 11.8 Å². The first-order valence-corrected chi connectivity index (χ1v) is 7.91. The first kappa shape index (κ1) is 15.2. The summed E-state index contributed by atoms with van der Waals surface area (Å²) in [6, 6.07) is 6.76. The van der Waals surface area contributed by atoms with E-state index >= 15 is 0 Å². The van der Waals surface area contributed by atoms with Gasteiger partial charge < -0.3 is 15.4 Å². The number of nitrogens with two attached hydrogens (primary N) is 1. The zero-order valence-corrected chi connectivity index (χ0v) is 13.1. The minimum atomic E-state index is 0.283. The lowest BCUT2D eigenvalue weighted by atomic mass is 10.0. The van der Waals surface area contributed by atoms with Crippen LogP contribution < -0.4 is 15.4 Å². The number of piperidine rings is 1. The van der Waals surface area contributed by atoms with Gasteiger partial charge in [-0.1, -0.05) is 19.9 Å². The third-order valence-corrected chi connectivity index (χ3v) is 4.12. The Bertz CT molecular complexity index is 429. The highest BCUT2D eigenvalue weighted by molar-refractivity contribution is 5.60. The lowest BCUT2D eigenvalue weighted by Gasteiger charge is -2.34. The van der Waals surface area contributed by atoms with Gasteiger partial charge >= 0.3 is 0 Å². The molecule has 0 aliphatic carbocycles. The van der Waals surface area contributed by atoms with Gasteiger partial charge in [0.25, 0.3) is 0 Å². The number of hydrogen-bond acceptors (Lipinski definition) is 3. The van der Waals surface area contributed by atoms with E-state index in [1.165, 1.54) is 17.7 Å². The van der Waals surface area contributed by atoms with E-state index in [2.05, 4.69) is 43.9 Å². The molecule has 1 saturated heterocycles. The van der Waals surface area contributed by atoms with Gasteiger partial charge in [0.2, 0.25) is 0 Å². The van der Waals surface area contributed by atoms with Crippen LogP contribution in [0, 0.1) is 6.92 Å². The molecule has 1 unspecified atom stereocenters. The smallest absolute Gasteiger partial charge is 0.143 e. The summed E-state index contributed by atoms with van der Waals surface area (Å²) in [6.07, 6.45) is 4.69. The number of aryl methyl sites for hydroxylation is 1. The van der Waals surface area contributed by atoms with Crippen molar-refractivity contribution < 1.29 is 4.74 Å². The monoisotopic (exact) mass is 276 g/mol. The van der Waals surface area contributed by atoms with Crippen molar-refractivity contribution in [2.24, 2.45) is 5.73 Å². The van der Waals surface area contributed by atoms with Crippen molar-refractivity contribution in [2.45, 2.75) is 58.6 Å². The molecule has 0 amide bonds. The summed E-state index contributed by atoms with van der Waals surface area (Å²) >= 11 is 0. The zero-order chi connectivity index (χ0) is 14.5. The molecule has 3 nitrogen and oxygen atoms in total. The summed E-state index contributed by atoms with van der Waals surface area (Å²) in [5.74, 6) is 1.01. The summed E-state index contributed by atoms with van der Waals surface area (Å²) in [7, 11) is 0. The predicted molar refractivity (Wildman–Crippen MR) is 85.6 cm³/mol. The summed E-state index contributed by atoms with van der Waals surface area (Å²) in [5.41, 5.74) is 8.61. The van der Waals surface area contributed by atoms with Crippen LogP contribution in [0.25, 0.3) is 0 Å². The molecule has 2 N–H and O–H groups in total. The Morgan fingerprint density at radius 2 is 2.10 bits per heavy atom. The highest BCUT2D eigenvalue weighted by Crippen LogP contribution is 2.32. The van der Waals surface area contributed by atoms with Crippen LogP contribution in [0.3, 0.4) is 0 Å². The van der Waals surface area contributed by atoms with Gasteiger partial charge in [-0.2, -0.15) is 0 Å². The topological polar surface area (TPSA) is 38.5 Å². The van der Waals surface area contributed by atoms with Crippen LogP contribution in [0.2, 0.25) is 0 Å². The number of nitrogens with zero attached hydrogens (tertiary/aromatic N) is 1. The average molecular weight is 276 g/mol. The third kappa shape index (κ3) is 3.66. The average Bonchev–Trinajstić information content (AvgIpc) is 2.46. The van der Waals surface area contributed by atoms with Gasteiger partial charge in [-0.25, -0.2) is 0 Å². The predicted octanol–water partition coefficient (Wildman–Crippen LogP) is 3.49. The Morgan fingerprint density at radius 1 is 1.35 bits per heavy atom. The quantitative estimate of drug-likeness (QED) is 0.894. The minimum Gasteiger partial charge on any atom is -0.488 e. The maximum absolute atomic E-state index is 6.20. The molecule has 1 aromatic carbocycles. The van der Waals surface area contributed by atoms with Crippen LogP contribution in [-0.2, 0) is 0 Å². The van der Waals surface area contributed by atoms with Gasteiger partial charge in [0, 0.05) is 19.1 Å². The van der Waals surface area contributed by atoms with Gasteiger partial charge in [-0.3, -0.25) is 0 Å². The lowest BCUT2D eigenvalue weighted by Crippen LogP contribution is -2.43. The van der Waals surface area contributed by atoms with Crippen molar-refractivity contribution >= 4 is 5.69 Å². The van der Waals surface area contributed by atoms with Crippen molar-refractivity contribution in [1.29, 1.82) is 0 Å². The number of anilines is 1. The van der Waals surface area contributed by atoms with Crippen molar-refractivity contribution in [3.63, 3.8) is 0 Å². The summed E-state index contributed by atoms with van der Waals surface area (Å²) in [4.78, 5) is 2.39. The molecule has 20 heavy (non-hydrogen) atoms. The van der Waals surface area contributed by atoms with E-state index in [1.807, 2.05) is 0 Å². The fourth-order valence-electron chi connectivity index (χ4n) is 2.84. The number of hydrogen-bond donors (Lipinski definition) is 1. The Hall–Kier alpha value is -1.22. The van der Waals surface area contributed by atoms with Crippen LogP contribution in [0.5, 0.6) is 5.75 Å². The molecule has 0 radical (unpaired) electrons. The zero-order valence-electron chi connectivity index (χ0n) is 13.1. The summed E-state index contributed by atoms with van der Waals surface area (Å²) in [5, 5.41) is 0. The second-order valence-electron chi connectivity index (χ2n) is 5.88. The highest BCUT2D eigenvalue weighted by atomic mass is 16.5. The standard InChI is InChI=1S/C17H28N2O/c1-4-15(5-2)20-17-9-8-13(3)11-16(17)19-10-6-7-14(18)12-19/h8-9,11,14-15H,4-7,10,12,18H2,1-3H3. The van der Waals surface area contributed by atoms with Gasteiger partial charge in [0.1, 0.15) is 5.75 Å². The Kier molecular flexibility index (Phi) is 5.30. The minimum absolute atomic E-state index is 0.283. The van der Waals surface area contributed by atoms with E-state index in [1.54, 1.807) is 0 Å². The third-order valence-electron chi connectivity index (χ3n) is 4.12. The maximum Gasteiger partial charge on any atom is 0.143 e. The maximum atomic E-state index is 6.20. The molecule has 0 spiro atoms. The normalized spacial score (nSPS) is 19.4. The SMILES string of the molecule is CCC(CC)Oc1ccc(C)cc1N1CCCC(N)C1. The molecule has 1 heterocycles. The van der Waals surface area contributed by atoms with Gasteiger partial charge in [-0.05, 0) is 50.3 Å². The van der Waals surface area contributed by atoms with Gasteiger partial charge in [0.15, 0.2) is 0 Å². The molecule has 0 bridgehead atoms. The Morgan fingerprint density at radius 3 is 2.75 bits per heavy atom. The molecule has 1 atom stereocenters. The van der Waals surface area contributed by atoms with E-state index in [-0.39, 0.29) is 6.04 Å². The first-order valence-electron chi connectivity index (χ1n) is 7.91. The molecule has 112 valence electrons. The summed E-state index contributed by atoms with van der Waals surface area (Å²) in [6.45, 7) is 8.51. The van der Waals surface area contributed by atoms with Crippen LogP contribution in [0.4, 0.5) is 5.69 Å². The fraction of sp³-hybridized carbons (Fsp3) is 0.647. The highest BCUT2D eigenvalue weighted by Gasteiger charge is 2.21. The molecule has 3 heteroatoms. The molecule has 1 aliphatic heterocycles. The molecule has 1 aliphatic rings. The molecular weight excluding hydrogens is 248 g/mol. The van der Waals surface area contributed by atoms with Crippen molar-refractivity contribution in [1.82, 2.24) is 0 Å². The lowest BCUT2D eigenvalue weighted by molar-refractivity contribution is 0.193. The van der Waals surface area contributed by atoms with Crippen LogP contribution in [0.15, 0.2) is 18.2 Å². The Labute approximate surface area is 123 Å². The van der Waals surface area contributed by atoms with E-state index in [0.717, 1.165) is 38.1 Å². The summed E-state index contributed by atoms with van der Waals surface area (Å²) < 4.78 is 6.20. The number of benzene rings is 1. The Balaban J connectivity index is 2.23. The molecule has 2 rings (SSSR count). The van der Waals surface area contributed by atoms with E-state index < -0.39 is 0 Å². The second-order valence-corrected chi connectivity index (χ2v) is 5.88. The first-order chi connectivity index (χ1) is 9.63. The number of ether oxygens (including phenoxy) is 1.